The molecule has 0 radical (unpaired) electrons. The van der Waals surface area contributed by atoms with E-state index in [-0.39, 0.29) is 18.8 Å². The maximum atomic E-state index is 12.3. The number of ether oxygens (including phenoxy) is 2. The standard InChI is InChI=1S/C15H14F3N5O2/c1-24-12-8-13(20-9-19-12)25-11-5-2-4-10-14(11)23(22-21-10)7-3-6-15(16,17)18/h2,4-5,8-9H,3,6-7H2,1H3. The van der Waals surface area contributed by atoms with Crippen LogP contribution >= 0.6 is 0 Å². The normalized spacial score (nSPS) is 11.7. The van der Waals surface area contributed by atoms with Gasteiger partial charge in [-0.3, -0.25) is 0 Å². The molecule has 0 bridgehead atoms. The van der Waals surface area contributed by atoms with Gasteiger partial charge in [-0.05, 0) is 18.6 Å². The van der Waals surface area contributed by atoms with E-state index in [0.29, 0.717) is 22.7 Å². The van der Waals surface area contributed by atoms with E-state index in [0.717, 1.165) is 0 Å². The molecule has 1 aromatic carbocycles. The Morgan fingerprint density at radius 2 is 1.96 bits per heavy atom. The summed E-state index contributed by atoms with van der Waals surface area (Å²) in [7, 11) is 1.46. The van der Waals surface area contributed by atoms with Crippen molar-refractivity contribution in [2.45, 2.75) is 25.6 Å². The van der Waals surface area contributed by atoms with Crippen LogP contribution in [0.1, 0.15) is 12.8 Å². The Labute approximate surface area is 140 Å². The second-order valence-corrected chi connectivity index (χ2v) is 5.16. The van der Waals surface area contributed by atoms with E-state index in [2.05, 4.69) is 20.3 Å². The molecule has 0 aliphatic carbocycles. The predicted molar refractivity (Wildman–Crippen MR) is 81.5 cm³/mol. The van der Waals surface area contributed by atoms with E-state index < -0.39 is 12.6 Å². The molecule has 0 aliphatic heterocycles. The highest BCUT2D eigenvalue weighted by atomic mass is 19.4. The molecule has 0 spiro atoms. The van der Waals surface area contributed by atoms with E-state index >= 15 is 0 Å². The van der Waals surface area contributed by atoms with Gasteiger partial charge in [0.15, 0.2) is 5.75 Å². The monoisotopic (exact) mass is 353 g/mol. The van der Waals surface area contributed by atoms with Gasteiger partial charge in [0.25, 0.3) is 0 Å². The highest BCUT2D eigenvalue weighted by Gasteiger charge is 2.26. The first kappa shape index (κ1) is 16.9. The summed E-state index contributed by atoms with van der Waals surface area (Å²) in [5.74, 6) is 0.951. The summed E-state index contributed by atoms with van der Waals surface area (Å²) in [5, 5.41) is 7.88. The molecule has 2 heterocycles. The summed E-state index contributed by atoms with van der Waals surface area (Å²) >= 11 is 0. The molecule has 25 heavy (non-hydrogen) atoms. The lowest BCUT2D eigenvalue weighted by molar-refractivity contribution is -0.135. The van der Waals surface area contributed by atoms with Crippen molar-refractivity contribution >= 4 is 11.0 Å². The summed E-state index contributed by atoms with van der Waals surface area (Å²) in [4.78, 5) is 7.87. The number of benzene rings is 1. The van der Waals surface area contributed by atoms with Crippen molar-refractivity contribution in [1.29, 1.82) is 0 Å². The molecular formula is C15H14F3N5O2. The third-order valence-corrected chi connectivity index (χ3v) is 3.37. The number of halogens is 3. The lowest BCUT2D eigenvalue weighted by Gasteiger charge is -2.09. The Hall–Kier alpha value is -2.91. The number of nitrogens with zero attached hydrogens (tertiary/aromatic N) is 5. The van der Waals surface area contributed by atoms with Crippen LogP contribution in [0.3, 0.4) is 0 Å². The number of rotatable bonds is 6. The smallest absolute Gasteiger partial charge is 0.389 e. The number of hydrogen-bond donors (Lipinski definition) is 0. The Morgan fingerprint density at radius 1 is 1.16 bits per heavy atom. The van der Waals surface area contributed by atoms with Crippen molar-refractivity contribution < 1.29 is 22.6 Å². The third-order valence-electron chi connectivity index (χ3n) is 3.37. The number of aryl methyl sites for hydroxylation is 1. The predicted octanol–water partition coefficient (Wildman–Crippen LogP) is 3.36. The zero-order valence-corrected chi connectivity index (χ0v) is 13.2. The highest BCUT2D eigenvalue weighted by molar-refractivity contribution is 5.81. The molecule has 0 amide bonds. The minimum absolute atomic E-state index is 0.0729. The van der Waals surface area contributed by atoms with E-state index in [1.54, 1.807) is 18.2 Å². The van der Waals surface area contributed by atoms with Crippen molar-refractivity contribution in [3.8, 4) is 17.5 Å². The van der Waals surface area contributed by atoms with Crippen LogP contribution in [0.5, 0.6) is 17.5 Å². The molecule has 7 nitrogen and oxygen atoms in total. The van der Waals surface area contributed by atoms with Crippen LogP contribution in [0.25, 0.3) is 11.0 Å². The van der Waals surface area contributed by atoms with Crippen molar-refractivity contribution in [2.75, 3.05) is 7.11 Å². The Kier molecular flexibility index (Phi) is 4.68. The van der Waals surface area contributed by atoms with Crippen molar-refractivity contribution in [3.05, 3.63) is 30.6 Å². The maximum absolute atomic E-state index is 12.3. The average Bonchev–Trinajstić information content (AvgIpc) is 2.98. The zero-order chi connectivity index (χ0) is 17.9. The van der Waals surface area contributed by atoms with Gasteiger partial charge in [0.2, 0.25) is 11.8 Å². The van der Waals surface area contributed by atoms with Gasteiger partial charge in [0.1, 0.15) is 17.4 Å². The number of methoxy groups -OCH3 is 1. The molecule has 2 aromatic heterocycles. The zero-order valence-electron chi connectivity index (χ0n) is 13.2. The quantitative estimate of drug-likeness (QED) is 0.676. The van der Waals surface area contributed by atoms with Gasteiger partial charge in [-0.15, -0.1) is 5.10 Å². The van der Waals surface area contributed by atoms with Gasteiger partial charge in [-0.25, -0.2) is 14.6 Å². The van der Waals surface area contributed by atoms with Gasteiger partial charge in [-0.1, -0.05) is 11.3 Å². The molecule has 132 valence electrons. The number of para-hydroxylation sites is 1. The SMILES string of the molecule is COc1cc(Oc2cccc3nnn(CCCC(F)(F)F)c23)ncn1. The number of alkyl halides is 3. The van der Waals surface area contributed by atoms with Crippen molar-refractivity contribution in [3.63, 3.8) is 0 Å². The fourth-order valence-electron chi connectivity index (χ4n) is 2.27. The molecule has 0 N–H and O–H groups in total. The fourth-order valence-corrected chi connectivity index (χ4v) is 2.27. The summed E-state index contributed by atoms with van der Waals surface area (Å²) in [6.45, 7) is 0.0729. The lowest BCUT2D eigenvalue weighted by Crippen LogP contribution is -2.10. The van der Waals surface area contributed by atoms with E-state index in [4.69, 9.17) is 9.47 Å². The average molecular weight is 353 g/mol. The van der Waals surface area contributed by atoms with Gasteiger partial charge in [-0.2, -0.15) is 13.2 Å². The van der Waals surface area contributed by atoms with E-state index in [1.165, 1.54) is 24.2 Å². The van der Waals surface area contributed by atoms with Gasteiger partial charge < -0.3 is 9.47 Å². The van der Waals surface area contributed by atoms with Crippen molar-refractivity contribution in [2.24, 2.45) is 0 Å². The number of aromatic nitrogens is 5. The topological polar surface area (TPSA) is 75.0 Å². The third kappa shape index (κ3) is 4.14. The summed E-state index contributed by atoms with van der Waals surface area (Å²) in [6, 6.07) is 6.58. The lowest BCUT2D eigenvalue weighted by atomic mass is 10.2. The molecular weight excluding hydrogens is 339 g/mol. The second-order valence-electron chi connectivity index (χ2n) is 5.16. The van der Waals surface area contributed by atoms with Crippen molar-refractivity contribution in [1.82, 2.24) is 25.0 Å². The van der Waals surface area contributed by atoms with Crippen LogP contribution in [0.15, 0.2) is 30.6 Å². The molecule has 0 fully saturated rings. The Morgan fingerprint density at radius 3 is 2.72 bits per heavy atom. The van der Waals surface area contributed by atoms with Crippen LogP contribution in [0.4, 0.5) is 13.2 Å². The van der Waals surface area contributed by atoms with Gasteiger partial charge in [0, 0.05) is 13.0 Å². The first-order chi connectivity index (χ1) is 12.0. The molecule has 3 rings (SSSR count). The second kappa shape index (κ2) is 6.91. The molecule has 0 unspecified atom stereocenters. The van der Waals surface area contributed by atoms with E-state index in [1.807, 2.05) is 0 Å². The van der Waals surface area contributed by atoms with Crippen LogP contribution in [0, 0.1) is 0 Å². The molecule has 0 saturated heterocycles. The first-order valence-electron chi connectivity index (χ1n) is 7.39. The van der Waals surface area contributed by atoms with E-state index in [9.17, 15) is 13.2 Å². The summed E-state index contributed by atoms with van der Waals surface area (Å²) in [5.41, 5.74) is 1.02. The van der Waals surface area contributed by atoms with Crippen LogP contribution in [0.2, 0.25) is 0 Å². The molecule has 3 aromatic rings. The minimum Gasteiger partial charge on any atom is -0.481 e. The molecule has 10 heteroatoms. The fraction of sp³-hybridized carbons (Fsp3) is 0.333. The summed E-state index contributed by atoms with van der Waals surface area (Å²) in [6.07, 6.45) is -3.90. The molecule has 0 aliphatic rings. The van der Waals surface area contributed by atoms with Gasteiger partial charge in [0.05, 0.1) is 13.2 Å². The Balaban J connectivity index is 1.86. The Bertz CT molecular complexity index is 866. The largest absolute Gasteiger partial charge is 0.481 e. The number of hydrogen-bond acceptors (Lipinski definition) is 6. The van der Waals surface area contributed by atoms with Crippen LogP contribution < -0.4 is 9.47 Å². The number of fused-ring (bicyclic) bond motifs is 1. The van der Waals surface area contributed by atoms with Crippen LogP contribution in [-0.2, 0) is 6.54 Å². The molecule has 0 atom stereocenters. The first-order valence-corrected chi connectivity index (χ1v) is 7.39. The maximum Gasteiger partial charge on any atom is 0.389 e. The summed E-state index contributed by atoms with van der Waals surface area (Å²) < 4.78 is 49.2. The van der Waals surface area contributed by atoms with Gasteiger partial charge >= 0.3 is 6.18 Å². The molecule has 0 saturated carbocycles. The minimum atomic E-state index is -4.20. The van der Waals surface area contributed by atoms with Crippen LogP contribution in [-0.4, -0.2) is 38.2 Å². The highest BCUT2D eigenvalue weighted by Crippen LogP contribution is 2.29.